The van der Waals surface area contributed by atoms with Crippen molar-refractivity contribution in [3.05, 3.63) is 35.3 Å². The lowest BCUT2D eigenvalue weighted by Gasteiger charge is -2.09. The quantitative estimate of drug-likeness (QED) is 0.748. The molecule has 0 spiro atoms. The van der Waals surface area contributed by atoms with E-state index in [0.29, 0.717) is 18.8 Å². The summed E-state index contributed by atoms with van der Waals surface area (Å²) in [6.07, 6.45) is 0.912. The lowest BCUT2D eigenvalue weighted by atomic mass is 10.2. The number of hydrogen-bond acceptors (Lipinski definition) is 5. The van der Waals surface area contributed by atoms with Crippen LogP contribution in [0.2, 0.25) is 0 Å². The maximum Gasteiger partial charge on any atom is 0.270 e. The molecule has 5 nitrogen and oxygen atoms in total. The van der Waals surface area contributed by atoms with Crippen LogP contribution in [0.5, 0.6) is 5.75 Å². The highest BCUT2D eigenvalue weighted by Crippen LogP contribution is 2.26. The van der Waals surface area contributed by atoms with E-state index in [1.54, 1.807) is 5.38 Å². The van der Waals surface area contributed by atoms with Crippen LogP contribution in [-0.4, -0.2) is 30.1 Å². The van der Waals surface area contributed by atoms with Gasteiger partial charge in [0, 0.05) is 17.5 Å². The predicted octanol–water partition coefficient (Wildman–Crippen LogP) is 3.10. The number of carbonyl (C=O) groups is 1. The summed E-state index contributed by atoms with van der Waals surface area (Å²) in [7, 11) is 0. The van der Waals surface area contributed by atoms with Gasteiger partial charge >= 0.3 is 0 Å². The molecular weight excluding hydrogens is 334 g/mol. The first-order valence-electron chi connectivity index (χ1n) is 7.31. The Hall–Kier alpha value is -1.63. The van der Waals surface area contributed by atoms with E-state index < -0.39 is 0 Å². The second-order valence-electron chi connectivity index (χ2n) is 5.13. The molecule has 0 aliphatic carbocycles. The molecule has 7 heteroatoms. The topological polar surface area (TPSA) is 77.2 Å². The molecule has 23 heavy (non-hydrogen) atoms. The summed E-state index contributed by atoms with van der Waals surface area (Å²) in [6, 6.07) is 7.73. The van der Waals surface area contributed by atoms with Gasteiger partial charge in [0.05, 0.1) is 6.10 Å². The molecule has 0 fully saturated rings. The molecule has 0 bridgehead atoms. The zero-order valence-electron chi connectivity index (χ0n) is 13.2. The van der Waals surface area contributed by atoms with Gasteiger partial charge in [-0.05, 0) is 51.1 Å². The number of carbonyl (C=O) groups excluding carboxylic acids is 1. The van der Waals surface area contributed by atoms with Crippen molar-refractivity contribution in [1.82, 2.24) is 10.3 Å². The largest absolute Gasteiger partial charge is 0.491 e. The molecule has 0 atom stereocenters. The molecule has 1 heterocycles. The van der Waals surface area contributed by atoms with E-state index >= 15 is 0 Å². The molecule has 0 saturated carbocycles. The number of nitrogens with two attached hydrogens (primary N) is 1. The maximum atomic E-state index is 11.9. The molecule has 0 unspecified atom stereocenters. The summed E-state index contributed by atoms with van der Waals surface area (Å²) in [5.41, 5.74) is 6.82. The SMILES string of the molecule is CC(C)Oc1ccc(-c2nc(C(=O)NCCCN)cs2)cc1.Cl. The molecule has 1 amide bonds. The van der Waals surface area contributed by atoms with Crippen molar-refractivity contribution in [2.45, 2.75) is 26.4 Å². The van der Waals surface area contributed by atoms with Crippen molar-refractivity contribution >= 4 is 29.7 Å². The molecule has 0 radical (unpaired) electrons. The molecule has 1 aromatic carbocycles. The molecule has 0 saturated heterocycles. The minimum Gasteiger partial charge on any atom is -0.491 e. The van der Waals surface area contributed by atoms with Crippen molar-refractivity contribution in [2.24, 2.45) is 5.73 Å². The van der Waals surface area contributed by atoms with Crippen LogP contribution in [0.15, 0.2) is 29.6 Å². The molecule has 3 N–H and O–H groups in total. The van der Waals surface area contributed by atoms with Crippen molar-refractivity contribution < 1.29 is 9.53 Å². The molecule has 0 aliphatic heterocycles. The summed E-state index contributed by atoms with van der Waals surface area (Å²) in [5.74, 6) is 0.672. The van der Waals surface area contributed by atoms with Crippen LogP contribution in [-0.2, 0) is 0 Å². The van der Waals surface area contributed by atoms with E-state index in [2.05, 4.69) is 10.3 Å². The fourth-order valence-electron chi connectivity index (χ4n) is 1.85. The molecule has 2 aromatic rings. The average Bonchev–Trinajstić information content (AvgIpc) is 2.97. The highest BCUT2D eigenvalue weighted by Gasteiger charge is 2.11. The first-order valence-corrected chi connectivity index (χ1v) is 8.19. The number of benzene rings is 1. The van der Waals surface area contributed by atoms with Crippen LogP contribution >= 0.6 is 23.7 Å². The van der Waals surface area contributed by atoms with E-state index in [1.807, 2.05) is 38.1 Å². The van der Waals surface area contributed by atoms with E-state index in [-0.39, 0.29) is 24.4 Å². The molecular formula is C16H22ClN3O2S. The standard InChI is InChI=1S/C16H21N3O2S.ClH/c1-11(2)21-13-6-4-12(5-7-13)16-19-14(10-22-16)15(20)18-9-3-8-17;/h4-7,10-11H,3,8-9,17H2,1-2H3,(H,18,20);1H. The number of thiazole rings is 1. The van der Waals surface area contributed by atoms with Gasteiger partial charge in [-0.3, -0.25) is 4.79 Å². The third-order valence-corrected chi connectivity index (χ3v) is 3.77. The summed E-state index contributed by atoms with van der Waals surface area (Å²) in [5, 5.41) is 5.39. The van der Waals surface area contributed by atoms with Gasteiger partial charge in [-0.2, -0.15) is 0 Å². The maximum absolute atomic E-state index is 11.9. The van der Waals surface area contributed by atoms with Gasteiger partial charge < -0.3 is 15.8 Å². The van der Waals surface area contributed by atoms with E-state index in [1.165, 1.54) is 11.3 Å². The van der Waals surface area contributed by atoms with Crippen molar-refractivity contribution in [3.8, 4) is 16.3 Å². The third-order valence-electron chi connectivity index (χ3n) is 2.88. The predicted molar refractivity (Wildman–Crippen MR) is 96.6 cm³/mol. The summed E-state index contributed by atoms with van der Waals surface area (Å²) in [6.45, 7) is 5.12. The van der Waals surface area contributed by atoms with Crippen LogP contribution < -0.4 is 15.8 Å². The summed E-state index contributed by atoms with van der Waals surface area (Å²) < 4.78 is 5.61. The number of aromatic nitrogens is 1. The van der Waals surface area contributed by atoms with Gasteiger partial charge in [0.2, 0.25) is 0 Å². The molecule has 1 aromatic heterocycles. The zero-order valence-corrected chi connectivity index (χ0v) is 14.9. The van der Waals surface area contributed by atoms with Crippen molar-refractivity contribution in [3.63, 3.8) is 0 Å². The second-order valence-corrected chi connectivity index (χ2v) is 5.99. The van der Waals surface area contributed by atoms with Crippen molar-refractivity contribution in [2.75, 3.05) is 13.1 Å². The number of ether oxygens (including phenoxy) is 1. The zero-order chi connectivity index (χ0) is 15.9. The van der Waals surface area contributed by atoms with Gasteiger partial charge in [-0.15, -0.1) is 23.7 Å². The van der Waals surface area contributed by atoms with Crippen LogP contribution in [0.1, 0.15) is 30.8 Å². The first kappa shape index (κ1) is 19.4. The van der Waals surface area contributed by atoms with Crippen LogP contribution in [0.25, 0.3) is 10.6 Å². The summed E-state index contributed by atoms with van der Waals surface area (Å²) >= 11 is 1.45. The van der Waals surface area contributed by atoms with Crippen LogP contribution in [0.4, 0.5) is 0 Å². The average molecular weight is 356 g/mol. The Bertz CT molecular complexity index is 614. The van der Waals surface area contributed by atoms with Gasteiger partial charge in [-0.1, -0.05) is 0 Å². The minimum absolute atomic E-state index is 0. The lowest BCUT2D eigenvalue weighted by molar-refractivity contribution is 0.0949. The Kier molecular flexibility index (Phi) is 8.02. The van der Waals surface area contributed by atoms with Gasteiger partial charge in [-0.25, -0.2) is 4.98 Å². The molecule has 0 aliphatic rings. The highest BCUT2D eigenvalue weighted by atomic mass is 35.5. The Labute approximate surface area is 146 Å². The van der Waals surface area contributed by atoms with Gasteiger partial charge in [0.25, 0.3) is 5.91 Å². The smallest absolute Gasteiger partial charge is 0.270 e. The number of hydrogen-bond donors (Lipinski definition) is 2. The lowest BCUT2D eigenvalue weighted by Crippen LogP contribution is -2.26. The number of halogens is 1. The van der Waals surface area contributed by atoms with Crippen LogP contribution in [0.3, 0.4) is 0 Å². The fourth-order valence-corrected chi connectivity index (χ4v) is 2.66. The number of amides is 1. The third kappa shape index (κ3) is 5.82. The van der Waals surface area contributed by atoms with E-state index in [9.17, 15) is 4.79 Å². The normalized spacial score (nSPS) is 10.3. The molecule has 126 valence electrons. The number of nitrogens with zero attached hydrogens (tertiary/aromatic N) is 1. The number of nitrogens with one attached hydrogen (secondary N) is 1. The number of rotatable bonds is 7. The molecule has 2 rings (SSSR count). The van der Waals surface area contributed by atoms with E-state index in [0.717, 1.165) is 22.7 Å². The van der Waals surface area contributed by atoms with Gasteiger partial charge in [0.1, 0.15) is 16.5 Å². The monoisotopic (exact) mass is 355 g/mol. The van der Waals surface area contributed by atoms with Crippen LogP contribution in [0, 0.1) is 0 Å². The Balaban J connectivity index is 0.00000264. The minimum atomic E-state index is -0.157. The second kappa shape index (κ2) is 9.50. The summed E-state index contributed by atoms with van der Waals surface area (Å²) in [4.78, 5) is 16.3. The Morgan fingerprint density at radius 3 is 2.65 bits per heavy atom. The first-order chi connectivity index (χ1) is 10.6. The Morgan fingerprint density at radius 1 is 1.35 bits per heavy atom. The highest BCUT2D eigenvalue weighted by molar-refractivity contribution is 7.13. The van der Waals surface area contributed by atoms with Gasteiger partial charge in [0.15, 0.2) is 0 Å². The fraction of sp³-hybridized carbons (Fsp3) is 0.375. The van der Waals surface area contributed by atoms with Crippen molar-refractivity contribution in [1.29, 1.82) is 0 Å². The Morgan fingerprint density at radius 2 is 2.04 bits per heavy atom. The van der Waals surface area contributed by atoms with E-state index in [4.69, 9.17) is 10.5 Å².